The number of ketones is 1. The lowest BCUT2D eigenvalue weighted by atomic mass is 9.61. The van der Waals surface area contributed by atoms with Crippen molar-refractivity contribution in [2.45, 2.75) is 65.5 Å². The summed E-state index contributed by atoms with van der Waals surface area (Å²) in [6.45, 7) is 17.9. The molecule has 5 nitrogen and oxygen atoms in total. The highest BCUT2D eigenvalue weighted by atomic mass is 16.6. The van der Waals surface area contributed by atoms with Gasteiger partial charge in [-0.2, -0.15) is 0 Å². The van der Waals surface area contributed by atoms with E-state index in [1.807, 2.05) is 34.6 Å². The van der Waals surface area contributed by atoms with Crippen molar-refractivity contribution in [3.05, 3.63) is 11.4 Å². The first-order valence-corrected chi connectivity index (χ1v) is 7.87. The topological polar surface area (TPSA) is 51.0 Å². The predicted octanol–water partition coefficient (Wildman–Crippen LogP) is 3.29. The number of nitrogens with zero attached hydrogens (tertiary/aromatic N) is 2. The SMILES string of the molecule is [C-]#[N+]C1CC2(CCN(C(=O)OC(C)(C)C)C2)CC(C)(C)C1=O. The van der Waals surface area contributed by atoms with Crippen LogP contribution in [0.5, 0.6) is 0 Å². The van der Waals surface area contributed by atoms with Gasteiger partial charge in [-0.1, -0.05) is 13.8 Å². The number of ether oxygens (including phenoxy) is 1. The van der Waals surface area contributed by atoms with Crippen molar-refractivity contribution < 1.29 is 14.3 Å². The van der Waals surface area contributed by atoms with Crippen molar-refractivity contribution in [3.63, 3.8) is 0 Å². The van der Waals surface area contributed by atoms with E-state index in [1.54, 1.807) is 4.90 Å². The molecule has 2 aliphatic rings. The first-order chi connectivity index (χ1) is 9.98. The van der Waals surface area contributed by atoms with Crippen molar-refractivity contribution in [2.75, 3.05) is 13.1 Å². The Balaban J connectivity index is 2.12. The van der Waals surface area contributed by atoms with Crippen LogP contribution in [0.15, 0.2) is 0 Å². The molecule has 2 unspecified atom stereocenters. The Morgan fingerprint density at radius 1 is 1.41 bits per heavy atom. The fourth-order valence-corrected chi connectivity index (χ4v) is 3.88. The van der Waals surface area contributed by atoms with Gasteiger partial charge in [-0.3, -0.25) is 4.79 Å². The monoisotopic (exact) mass is 306 g/mol. The zero-order valence-corrected chi connectivity index (χ0v) is 14.2. The van der Waals surface area contributed by atoms with Gasteiger partial charge in [0.15, 0.2) is 0 Å². The van der Waals surface area contributed by atoms with Gasteiger partial charge in [0.25, 0.3) is 6.04 Å². The molecular weight excluding hydrogens is 280 g/mol. The van der Waals surface area contributed by atoms with Crippen molar-refractivity contribution in [3.8, 4) is 0 Å². The van der Waals surface area contributed by atoms with Gasteiger partial charge in [-0.05, 0) is 39.0 Å². The lowest BCUT2D eigenvalue weighted by molar-refractivity contribution is -0.133. The molecule has 122 valence electrons. The van der Waals surface area contributed by atoms with Gasteiger partial charge < -0.3 is 14.5 Å². The van der Waals surface area contributed by atoms with Crippen LogP contribution < -0.4 is 0 Å². The van der Waals surface area contributed by atoms with E-state index in [0.29, 0.717) is 19.5 Å². The van der Waals surface area contributed by atoms with E-state index >= 15 is 0 Å². The number of hydrogen-bond acceptors (Lipinski definition) is 3. The van der Waals surface area contributed by atoms with Gasteiger partial charge in [0.1, 0.15) is 5.60 Å². The standard InChI is InChI=1S/C17H26N2O3/c1-15(2,3)22-14(21)19-8-7-17(11-19)9-12(18-6)13(20)16(4,5)10-17/h12H,7-11H2,1-5H3. The summed E-state index contributed by atoms with van der Waals surface area (Å²) in [7, 11) is 0. The average molecular weight is 306 g/mol. The molecule has 22 heavy (non-hydrogen) atoms. The summed E-state index contributed by atoms with van der Waals surface area (Å²) in [5.74, 6) is 0.0452. The number of rotatable bonds is 0. The Morgan fingerprint density at radius 3 is 2.59 bits per heavy atom. The van der Waals surface area contributed by atoms with E-state index in [-0.39, 0.29) is 17.3 Å². The number of likely N-dealkylation sites (tertiary alicyclic amines) is 1. The molecule has 0 bridgehead atoms. The van der Waals surface area contributed by atoms with E-state index < -0.39 is 17.1 Å². The molecule has 2 rings (SSSR count). The second-order valence-corrected chi connectivity index (χ2v) is 8.43. The minimum Gasteiger partial charge on any atom is -0.444 e. The predicted molar refractivity (Wildman–Crippen MR) is 83.3 cm³/mol. The molecule has 0 N–H and O–H groups in total. The smallest absolute Gasteiger partial charge is 0.410 e. The third-order valence-electron chi connectivity index (χ3n) is 4.66. The molecule has 1 amide bonds. The quantitative estimate of drug-likeness (QED) is 0.645. The van der Waals surface area contributed by atoms with Gasteiger partial charge in [-0.15, -0.1) is 0 Å². The number of carbonyl (C=O) groups excluding carboxylic acids is 2. The molecule has 1 spiro atoms. The fourth-order valence-electron chi connectivity index (χ4n) is 3.88. The lowest BCUT2D eigenvalue weighted by Gasteiger charge is -2.41. The van der Waals surface area contributed by atoms with E-state index in [9.17, 15) is 9.59 Å². The molecule has 0 radical (unpaired) electrons. The largest absolute Gasteiger partial charge is 0.444 e. The zero-order valence-electron chi connectivity index (χ0n) is 14.2. The molecule has 2 fully saturated rings. The summed E-state index contributed by atoms with van der Waals surface area (Å²) in [4.78, 5) is 29.8. The van der Waals surface area contributed by atoms with Gasteiger partial charge >= 0.3 is 6.09 Å². The number of amides is 1. The molecule has 1 saturated heterocycles. The molecule has 5 heteroatoms. The summed E-state index contributed by atoms with van der Waals surface area (Å²) >= 11 is 0. The summed E-state index contributed by atoms with van der Waals surface area (Å²) in [5.41, 5.74) is -1.12. The maximum atomic E-state index is 12.3. The molecule has 2 atom stereocenters. The summed E-state index contributed by atoms with van der Waals surface area (Å²) in [5, 5.41) is 0. The van der Waals surface area contributed by atoms with Crippen LogP contribution >= 0.6 is 0 Å². The highest BCUT2D eigenvalue weighted by Gasteiger charge is 2.55. The Labute approximate surface area is 132 Å². The molecule has 1 aliphatic carbocycles. The first-order valence-electron chi connectivity index (χ1n) is 7.87. The van der Waals surface area contributed by atoms with Gasteiger partial charge in [0.2, 0.25) is 5.78 Å². The maximum absolute atomic E-state index is 12.3. The third-order valence-corrected chi connectivity index (χ3v) is 4.66. The zero-order chi connectivity index (χ0) is 16.8. The summed E-state index contributed by atoms with van der Waals surface area (Å²) in [6.07, 6.45) is 1.86. The van der Waals surface area contributed by atoms with Gasteiger partial charge in [-0.25, -0.2) is 11.4 Å². The molecular formula is C17H26N2O3. The van der Waals surface area contributed by atoms with Crippen molar-refractivity contribution >= 4 is 11.9 Å². The van der Waals surface area contributed by atoms with Gasteiger partial charge in [0.05, 0.1) is 0 Å². The molecule has 0 aromatic heterocycles. The van der Waals surface area contributed by atoms with Crippen molar-refractivity contribution in [2.24, 2.45) is 10.8 Å². The van der Waals surface area contributed by atoms with Crippen LogP contribution in [-0.2, 0) is 9.53 Å². The van der Waals surface area contributed by atoms with Crippen LogP contribution in [0.2, 0.25) is 0 Å². The second-order valence-electron chi connectivity index (χ2n) is 8.43. The first kappa shape index (κ1) is 16.8. The summed E-state index contributed by atoms with van der Waals surface area (Å²) < 4.78 is 5.44. The molecule has 1 saturated carbocycles. The summed E-state index contributed by atoms with van der Waals surface area (Å²) in [6, 6.07) is -0.567. The fraction of sp³-hybridized carbons (Fsp3) is 0.824. The third kappa shape index (κ3) is 3.26. The maximum Gasteiger partial charge on any atom is 0.410 e. The molecule has 0 aromatic rings. The van der Waals surface area contributed by atoms with E-state index in [1.165, 1.54) is 0 Å². The molecule has 0 aromatic carbocycles. The molecule has 1 aliphatic heterocycles. The normalized spacial score (nSPS) is 31.2. The Kier molecular flexibility index (Phi) is 4.01. The average Bonchev–Trinajstić information content (AvgIpc) is 2.75. The van der Waals surface area contributed by atoms with E-state index in [2.05, 4.69) is 4.85 Å². The second kappa shape index (κ2) is 5.26. The van der Waals surface area contributed by atoms with Crippen LogP contribution in [0.3, 0.4) is 0 Å². The highest BCUT2D eigenvalue weighted by Crippen LogP contribution is 2.50. The Hall–Kier alpha value is -1.57. The lowest BCUT2D eigenvalue weighted by Crippen LogP contribution is -2.48. The van der Waals surface area contributed by atoms with Crippen molar-refractivity contribution in [1.82, 2.24) is 4.90 Å². The van der Waals surface area contributed by atoms with Gasteiger partial charge in [0, 0.05) is 24.9 Å². The number of Topliss-reactive ketones (excluding diaryl/α,β-unsaturated/α-hetero) is 1. The number of carbonyl (C=O) groups is 2. The van der Waals surface area contributed by atoms with Crippen LogP contribution in [0, 0.1) is 17.4 Å². The van der Waals surface area contributed by atoms with E-state index in [4.69, 9.17) is 11.3 Å². The highest BCUT2D eigenvalue weighted by molar-refractivity contribution is 5.91. The number of hydrogen-bond donors (Lipinski definition) is 0. The minimum atomic E-state index is -0.567. The van der Waals surface area contributed by atoms with Crippen LogP contribution in [0.1, 0.15) is 53.9 Å². The Morgan fingerprint density at radius 2 is 2.05 bits per heavy atom. The minimum absolute atomic E-state index is 0.0452. The Bertz CT molecular complexity index is 527. The molecule has 1 heterocycles. The van der Waals surface area contributed by atoms with Crippen LogP contribution in [0.4, 0.5) is 4.79 Å². The van der Waals surface area contributed by atoms with E-state index in [0.717, 1.165) is 12.8 Å². The van der Waals surface area contributed by atoms with Crippen LogP contribution in [0.25, 0.3) is 4.85 Å². The van der Waals surface area contributed by atoms with Crippen molar-refractivity contribution in [1.29, 1.82) is 0 Å². The van der Waals surface area contributed by atoms with Crippen LogP contribution in [-0.4, -0.2) is 41.5 Å².